The molecular formula is C12H13N3O. The van der Waals surface area contributed by atoms with Gasteiger partial charge in [-0.2, -0.15) is 0 Å². The molecule has 1 heterocycles. The zero-order chi connectivity index (χ0) is 11.4. The molecule has 2 rings (SSSR count). The van der Waals surface area contributed by atoms with Gasteiger partial charge < -0.3 is 9.84 Å². The number of hydrogen-bond donors (Lipinski definition) is 2. The van der Waals surface area contributed by atoms with Crippen LogP contribution < -0.4 is 11.3 Å². The Bertz CT molecular complexity index is 488. The molecule has 0 unspecified atom stereocenters. The number of hydrazine groups is 1. The number of nitrogens with one attached hydrogen (secondary N) is 1. The van der Waals surface area contributed by atoms with Crippen molar-refractivity contribution in [3.05, 3.63) is 54.0 Å². The molecule has 16 heavy (non-hydrogen) atoms. The molecule has 82 valence electrons. The maximum atomic E-state index is 5.44. The van der Waals surface area contributed by atoms with Crippen LogP contribution in [0.15, 0.2) is 52.1 Å². The molecule has 0 aliphatic carbocycles. The summed E-state index contributed by atoms with van der Waals surface area (Å²) in [5.74, 6) is 6.62. The third-order valence-electron chi connectivity index (χ3n) is 2.21. The zero-order valence-corrected chi connectivity index (χ0v) is 8.97. The van der Waals surface area contributed by atoms with Crippen molar-refractivity contribution in [2.24, 2.45) is 10.8 Å². The van der Waals surface area contributed by atoms with Crippen LogP contribution in [0, 0.1) is 6.92 Å². The fraction of sp³-hybridized carbons (Fsp3) is 0.0833. The summed E-state index contributed by atoms with van der Waals surface area (Å²) >= 11 is 0. The summed E-state index contributed by atoms with van der Waals surface area (Å²) in [7, 11) is 0. The van der Waals surface area contributed by atoms with Crippen LogP contribution in [-0.2, 0) is 0 Å². The van der Waals surface area contributed by atoms with Gasteiger partial charge >= 0.3 is 0 Å². The highest BCUT2D eigenvalue weighted by atomic mass is 16.3. The van der Waals surface area contributed by atoms with Gasteiger partial charge in [0, 0.05) is 0 Å². The molecule has 0 saturated heterocycles. The van der Waals surface area contributed by atoms with E-state index in [-0.39, 0.29) is 0 Å². The Morgan fingerprint density at radius 1 is 1.25 bits per heavy atom. The number of furan rings is 1. The largest absolute Gasteiger partial charge is 0.461 e. The lowest BCUT2D eigenvalue weighted by Crippen LogP contribution is -2.31. The number of hydrogen-bond acceptors (Lipinski definition) is 3. The summed E-state index contributed by atoms with van der Waals surface area (Å²) in [6.07, 6.45) is 1.61. The summed E-state index contributed by atoms with van der Waals surface area (Å²) in [6.45, 7) is 1.94. The van der Waals surface area contributed by atoms with Crippen LogP contribution >= 0.6 is 0 Å². The van der Waals surface area contributed by atoms with E-state index in [0.717, 1.165) is 11.3 Å². The minimum atomic E-state index is 0.522. The van der Waals surface area contributed by atoms with Gasteiger partial charge in [-0.15, -0.1) is 0 Å². The van der Waals surface area contributed by atoms with E-state index in [4.69, 9.17) is 10.3 Å². The Morgan fingerprint density at radius 2 is 2.00 bits per heavy atom. The zero-order valence-electron chi connectivity index (χ0n) is 8.97. The molecule has 4 heteroatoms. The van der Waals surface area contributed by atoms with Crippen LogP contribution in [0.5, 0.6) is 0 Å². The molecule has 1 aromatic heterocycles. The Hall–Kier alpha value is -2.07. The molecule has 0 aliphatic heterocycles. The predicted molar refractivity (Wildman–Crippen MR) is 63.4 cm³/mol. The topological polar surface area (TPSA) is 63.5 Å². The van der Waals surface area contributed by atoms with Crippen molar-refractivity contribution >= 4 is 11.5 Å². The Balaban J connectivity index is 2.37. The molecule has 3 N–H and O–H groups in total. The van der Waals surface area contributed by atoms with E-state index in [1.807, 2.05) is 43.3 Å². The molecule has 0 bridgehead atoms. The van der Waals surface area contributed by atoms with Gasteiger partial charge in [0.05, 0.1) is 12.0 Å². The highest BCUT2D eigenvalue weighted by Gasteiger charge is 2.08. The minimum Gasteiger partial charge on any atom is -0.461 e. The second-order valence-corrected chi connectivity index (χ2v) is 3.37. The highest BCUT2D eigenvalue weighted by molar-refractivity contribution is 5.98. The number of rotatable bonds is 2. The van der Waals surface area contributed by atoms with E-state index in [9.17, 15) is 0 Å². The maximum absolute atomic E-state index is 5.44. The van der Waals surface area contributed by atoms with Gasteiger partial charge in [0.25, 0.3) is 0 Å². The lowest BCUT2D eigenvalue weighted by atomic mass is 10.2. The van der Waals surface area contributed by atoms with Crippen molar-refractivity contribution in [2.45, 2.75) is 6.92 Å². The molecule has 0 saturated carbocycles. The number of amidine groups is 1. The highest BCUT2D eigenvalue weighted by Crippen LogP contribution is 2.14. The van der Waals surface area contributed by atoms with Gasteiger partial charge in [-0.1, -0.05) is 18.2 Å². The van der Waals surface area contributed by atoms with Crippen LogP contribution in [0.1, 0.15) is 11.3 Å². The first kappa shape index (κ1) is 10.4. The first-order valence-electron chi connectivity index (χ1n) is 4.96. The van der Waals surface area contributed by atoms with E-state index >= 15 is 0 Å². The molecule has 2 aromatic rings. The Kier molecular flexibility index (Phi) is 3.03. The lowest BCUT2D eigenvalue weighted by Gasteiger charge is -2.03. The van der Waals surface area contributed by atoms with Crippen LogP contribution in [0.25, 0.3) is 0 Å². The summed E-state index contributed by atoms with van der Waals surface area (Å²) in [6, 6.07) is 11.4. The molecule has 0 fully saturated rings. The molecule has 0 spiro atoms. The van der Waals surface area contributed by atoms with Crippen LogP contribution in [0.2, 0.25) is 0 Å². The van der Waals surface area contributed by atoms with Crippen molar-refractivity contribution in [3.8, 4) is 0 Å². The monoisotopic (exact) mass is 215 g/mol. The van der Waals surface area contributed by atoms with Crippen molar-refractivity contribution in [2.75, 3.05) is 0 Å². The molecule has 0 atom stereocenters. The smallest absolute Gasteiger partial charge is 0.184 e. The Labute approximate surface area is 93.8 Å². The van der Waals surface area contributed by atoms with E-state index in [2.05, 4.69) is 10.4 Å². The average molecular weight is 215 g/mol. The van der Waals surface area contributed by atoms with Gasteiger partial charge in [0.1, 0.15) is 0 Å². The predicted octanol–water partition coefficient (Wildman–Crippen LogP) is 2.13. The quantitative estimate of drug-likeness (QED) is 0.349. The van der Waals surface area contributed by atoms with Gasteiger partial charge in [-0.25, -0.2) is 10.8 Å². The number of aliphatic imine (C=N–C) groups is 1. The van der Waals surface area contributed by atoms with Crippen molar-refractivity contribution in [1.82, 2.24) is 5.43 Å². The first-order chi connectivity index (χ1) is 7.81. The molecule has 0 amide bonds. The number of nitrogens with two attached hydrogens (primary N) is 1. The SMILES string of the molecule is Cc1ccoc1C(=Nc1ccccc1)NN. The van der Waals surface area contributed by atoms with E-state index < -0.39 is 0 Å². The fourth-order valence-electron chi connectivity index (χ4n) is 1.40. The maximum Gasteiger partial charge on any atom is 0.184 e. The third-order valence-corrected chi connectivity index (χ3v) is 2.21. The van der Waals surface area contributed by atoms with Crippen LogP contribution in [0.3, 0.4) is 0 Å². The number of para-hydroxylation sites is 1. The van der Waals surface area contributed by atoms with Gasteiger partial charge in [-0.3, -0.25) is 0 Å². The normalized spacial score (nSPS) is 11.5. The van der Waals surface area contributed by atoms with E-state index in [1.165, 1.54) is 0 Å². The molecule has 4 nitrogen and oxygen atoms in total. The third kappa shape index (κ3) is 2.12. The second-order valence-electron chi connectivity index (χ2n) is 3.37. The van der Waals surface area contributed by atoms with Crippen molar-refractivity contribution in [1.29, 1.82) is 0 Å². The lowest BCUT2D eigenvalue weighted by molar-refractivity contribution is 0.552. The number of benzene rings is 1. The minimum absolute atomic E-state index is 0.522. The van der Waals surface area contributed by atoms with Crippen molar-refractivity contribution < 1.29 is 4.42 Å². The van der Waals surface area contributed by atoms with E-state index in [1.54, 1.807) is 6.26 Å². The van der Waals surface area contributed by atoms with Gasteiger partial charge in [-0.05, 0) is 30.7 Å². The van der Waals surface area contributed by atoms with Gasteiger partial charge in [0.2, 0.25) is 0 Å². The first-order valence-corrected chi connectivity index (χ1v) is 4.96. The summed E-state index contributed by atoms with van der Waals surface area (Å²) in [5, 5.41) is 0. The summed E-state index contributed by atoms with van der Waals surface area (Å²) in [5.41, 5.74) is 4.37. The van der Waals surface area contributed by atoms with Crippen molar-refractivity contribution in [3.63, 3.8) is 0 Å². The molecule has 0 aliphatic rings. The number of aryl methyl sites for hydroxylation is 1. The fourth-order valence-corrected chi connectivity index (χ4v) is 1.40. The second kappa shape index (κ2) is 4.63. The average Bonchev–Trinajstić information content (AvgIpc) is 2.74. The molecular weight excluding hydrogens is 202 g/mol. The number of nitrogens with zero attached hydrogens (tertiary/aromatic N) is 1. The standard InChI is InChI=1S/C12H13N3O/c1-9-7-8-16-11(9)12(15-13)14-10-5-3-2-4-6-10/h2-8H,13H2,1H3,(H,14,15). The molecule has 1 aromatic carbocycles. The van der Waals surface area contributed by atoms with Crippen LogP contribution in [-0.4, -0.2) is 5.84 Å². The van der Waals surface area contributed by atoms with Gasteiger partial charge in [0.15, 0.2) is 11.6 Å². The van der Waals surface area contributed by atoms with Crippen LogP contribution in [0.4, 0.5) is 5.69 Å². The Morgan fingerprint density at radius 3 is 2.56 bits per heavy atom. The molecule has 0 radical (unpaired) electrons. The summed E-state index contributed by atoms with van der Waals surface area (Å²) in [4.78, 5) is 4.37. The van der Waals surface area contributed by atoms with E-state index in [0.29, 0.717) is 11.6 Å². The summed E-state index contributed by atoms with van der Waals surface area (Å²) < 4.78 is 5.32.